The lowest BCUT2D eigenvalue weighted by molar-refractivity contribution is 0.886. The maximum absolute atomic E-state index is 5.78. The Labute approximate surface area is 75.0 Å². The second-order valence-corrected chi connectivity index (χ2v) is 2.97. The second kappa shape index (κ2) is 2.75. The van der Waals surface area contributed by atoms with Crippen molar-refractivity contribution >= 4 is 17.2 Å². The first kappa shape index (κ1) is 7.55. The standard InChI is InChI=1S/C8H8ClN3/c1-2-7-10-8-4-3-6(9)5-12(8)11-7/h3-5H,2H2,1H3. The number of hydrogen-bond donors (Lipinski definition) is 0. The van der Waals surface area contributed by atoms with Gasteiger partial charge in [-0.1, -0.05) is 18.5 Å². The molecule has 0 saturated carbocycles. The van der Waals surface area contributed by atoms with Gasteiger partial charge in [-0.05, 0) is 12.1 Å². The molecule has 12 heavy (non-hydrogen) atoms. The van der Waals surface area contributed by atoms with Crippen molar-refractivity contribution < 1.29 is 0 Å². The van der Waals surface area contributed by atoms with Crippen LogP contribution < -0.4 is 0 Å². The summed E-state index contributed by atoms with van der Waals surface area (Å²) in [6.07, 6.45) is 2.60. The van der Waals surface area contributed by atoms with Gasteiger partial charge >= 0.3 is 0 Å². The van der Waals surface area contributed by atoms with Crippen LogP contribution in [0.3, 0.4) is 0 Å². The molecule has 0 aliphatic rings. The number of aromatic nitrogens is 3. The molecule has 4 heteroatoms. The Bertz CT molecular complexity index is 408. The molecule has 2 aromatic rings. The van der Waals surface area contributed by atoms with Crippen molar-refractivity contribution in [3.05, 3.63) is 29.2 Å². The third-order valence-electron chi connectivity index (χ3n) is 1.65. The van der Waals surface area contributed by atoms with Gasteiger partial charge in [-0.25, -0.2) is 9.50 Å². The molecule has 0 aliphatic heterocycles. The van der Waals surface area contributed by atoms with Crippen LogP contribution >= 0.6 is 11.6 Å². The van der Waals surface area contributed by atoms with Gasteiger partial charge in [0, 0.05) is 12.6 Å². The molecule has 0 spiro atoms. The van der Waals surface area contributed by atoms with Gasteiger partial charge in [0.15, 0.2) is 11.5 Å². The van der Waals surface area contributed by atoms with Gasteiger partial charge in [-0.15, -0.1) is 0 Å². The minimum atomic E-state index is 0.676. The molecule has 2 aromatic heterocycles. The minimum Gasteiger partial charge on any atom is -0.219 e. The summed E-state index contributed by atoms with van der Waals surface area (Å²) in [4.78, 5) is 4.27. The van der Waals surface area contributed by atoms with E-state index < -0.39 is 0 Å². The number of hydrogen-bond acceptors (Lipinski definition) is 2. The molecular formula is C8H8ClN3. The van der Waals surface area contributed by atoms with E-state index in [0.717, 1.165) is 17.9 Å². The maximum atomic E-state index is 5.78. The Balaban J connectivity index is 2.67. The lowest BCUT2D eigenvalue weighted by Crippen LogP contribution is -1.86. The molecule has 0 aliphatic carbocycles. The van der Waals surface area contributed by atoms with Gasteiger partial charge in [0.25, 0.3) is 0 Å². The van der Waals surface area contributed by atoms with Gasteiger partial charge in [-0.2, -0.15) is 5.10 Å². The fourth-order valence-electron chi connectivity index (χ4n) is 1.05. The third-order valence-corrected chi connectivity index (χ3v) is 1.88. The molecule has 0 aromatic carbocycles. The summed E-state index contributed by atoms with van der Waals surface area (Å²) < 4.78 is 1.70. The molecule has 0 unspecified atom stereocenters. The summed E-state index contributed by atoms with van der Waals surface area (Å²) in [5, 5.41) is 4.89. The molecule has 0 N–H and O–H groups in total. The first-order valence-corrected chi connectivity index (χ1v) is 4.18. The first-order valence-electron chi connectivity index (χ1n) is 3.80. The van der Waals surface area contributed by atoms with Crippen LogP contribution in [0, 0.1) is 0 Å². The predicted octanol–water partition coefficient (Wildman–Crippen LogP) is 1.95. The van der Waals surface area contributed by atoms with E-state index in [1.807, 2.05) is 19.1 Å². The molecule has 0 radical (unpaired) electrons. The number of aryl methyl sites for hydroxylation is 1. The van der Waals surface area contributed by atoms with E-state index in [1.165, 1.54) is 0 Å². The largest absolute Gasteiger partial charge is 0.219 e. The molecule has 2 heterocycles. The number of halogens is 1. The van der Waals surface area contributed by atoms with Crippen LogP contribution in [0.5, 0.6) is 0 Å². The van der Waals surface area contributed by atoms with Gasteiger partial charge < -0.3 is 0 Å². The highest BCUT2D eigenvalue weighted by atomic mass is 35.5. The van der Waals surface area contributed by atoms with Gasteiger partial charge in [-0.3, -0.25) is 0 Å². The van der Waals surface area contributed by atoms with Crippen molar-refractivity contribution in [2.75, 3.05) is 0 Å². The highest BCUT2D eigenvalue weighted by Crippen LogP contribution is 2.09. The van der Waals surface area contributed by atoms with E-state index in [0.29, 0.717) is 5.02 Å². The number of nitrogens with zero attached hydrogens (tertiary/aromatic N) is 3. The molecule has 0 saturated heterocycles. The van der Waals surface area contributed by atoms with Crippen LogP contribution in [0.25, 0.3) is 5.65 Å². The average Bonchev–Trinajstić information content (AvgIpc) is 2.46. The van der Waals surface area contributed by atoms with E-state index in [1.54, 1.807) is 10.7 Å². The summed E-state index contributed by atoms with van der Waals surface area (Å²) >= 11 is 5.78. The summed E-state index contributed by atoms with van der Waals surface area (Å²) in [6.45, 7) is 2.02. The molecule has 0 amide bonds. The van der Waals surface area contributed by atoms with E-state index in [4.69, 9.17) is 11.6 Å². The summed E-state index contributed by atoms with van der Waals surface area (Å²) in [5.74, 6) is 0.845. The molecule has 2 rings (SSSR count). The zero-order chi connectivity index (χ0) is 8.55. The zero-order valence-electron chi connectivity index (χ0n) is 6.66. The van der Waals surface area contributed by atoms with E-state index >= 15 is 0 Å². The van der Waals surface area contributed by atoms with Gasteiger partial charge in [0.05, 0.1) is 5.02 Å². The fourth-order valence-corrected chi connectivity index (χ4v) is 1.21. The van der Waals surface area contributed by atoms with Crippen molar-refractivity contribution in [3.8, 4) is 0 Å². The Hall–Kier alpha value is -1.09. The van der Waals surface area contributed by atoms with Crippen molar-refractivity contribution in [1.82, 2.24) is 14.6 Å². The smallest absolute Gasteiger partial charge is 0.155 e. The fraction of sp³-hybridized carbons (Fsp3) is 0.250. The Kier molecular flexibility index (Phi) is 1.73. The number of pyridine rings is 1. The van der Waals surface area contributed by atoms with E-state index in [-0.39, 0.29) is 0 Å². The Morgan fingerprint density at radius 3 is 3.08 bits per heavy atom. The third kappa shape index (κ3) is 1.16. The molecule has 62 valence electrons. The number of fused-ring (bicyclic) bond motifs is 1. The van der Waals surface area contributed by atoms with Crippen molar-refractivity contribution in [1.29, 1.82) is 0 Å². The van der Waals surface area contributed by atoms with Crippen molar-refractivity contribution in [2.24, 2.45) is 0 Å². The molecule has 0 bridgehead atoms. The molecule has 0 fully saturated rings. The molecular weight excluding hydrogens is 174 g/mol. The lowest BCUT2D eigenvalue weighted by atomic mass is 10.5. The maximum Gasteiger partial charge on any atom is 0.155 e. The average molecular weight is 182 g/mol. The Morgan fingerprint density at radius 1 is 1.50 bits per heavy atom. The summed E-state index contributed by atoms with van der Waals surface area (Å²) in [6, 6.07) is 3.67. The first-order chi connectivity index (χ1) is 5.79. The van der Waals surface area contributed by atoms with Crippen LogP contribution in [0.4, 0.5) is 0 Å². The molecule has 3 nitrogen and oxygen atoms in total. The van der Waals surface area contributed by atoms with Crippen LogP contribution in [0.15, 0.2) is 18.3 Å². The summed E-state index contributed by atoms with van der Waals surface area (Å²) in [5.41, 5.74) is 0.844. The highest BCUT2D eigenvalue weighted by molar-refractivity contribution is 6.30. The zero-order valence-corrected chi connectivity index (χ0v) is 7.41. The van der Waals surface area contributed by atoms with Crippen molar-refractivity contribution in [3.63, 3.8) is 0 Å². The summed E-state index contributed by atoms with van der Waals surface area (Å²) in [7, 11) is 0. The monoisotopic (exact) mass is 181 g/mol. The number of rotatable bonds is 1. The van der Waals surface area contributed by atoms with E-state index in [2.05, 4.69) is 10.1 Å². The van der Waals surface area contributed by atoms with E-state index in [9.17, 15) is 0 Å². The van der Waals surface area contributed by atoms with Gasteiger partial charge in [0.2, 0.25) is 0 Å². The topological polar surface area (TPSA) is 30.2 Å². The second-order valence-electron chi connectivity index (χ2n) is 2.53. The van der Waals surface area contributed by atoms with Crippen LogP contribution in [0.2, 0.25) is 5.02 Å². The van der Waals surface area contributed by atoms with Crippen molar-refractivity contribution in [2.45, 2.75) is 13.3 Å². The quantitative estimate of drug-likeness (QED) is 0.673. The SMILES string of the molecule is CCc1nc2ccc(Cl)cn2n1. The lowest BCUT2D eigenvalue weighted by Gasteiger charge is -1.89. The van der Waals surface area contributed by atoms with Crippen LogP contribution in [-0.4, -0.2) is 14.6 Å². The highest BCUT2D eigenvalue weighted by Gasteiger charge is 2.00. The minimum absolute atomic E-state index is 0.676. The van der Waals surface area contributed by atoms with Crippen LogP contribution in [-0.2, 0) is 6.42 Å². The molecule has 0 atom stereocenters. The normalized spacial score (nSPS) is 10.8. The van der Waals surface area contributed by atoms with Gasteiger partial charge in [0.1, 0.15) is 0 Å². The predicted molar refractivity (Wildman–Crippen MR) is 47.4 cm³/mol. The Morgan fingerprint density at radius 2 is 2.33 bits per heavy atom. The van der Waals surface area contributed by atoms with Crippen LogP contribution in [0.1, 0.15) is 12.7 Å².